The molecule has 0 fully saturated rings. The fraction of sp³-hybridized carbons (Fsp3) is 0. The molecule has 0 radical (unpaired) electrons. The Balaban J connectivity index is -0.0000000270. The van der Waals surface area contributed by atoms with E-state index in [4.69, 9.17) is 30.9 Å². The first-order valence-corrected chi connectivity index (χ1v) is 9.51. The van der Waals surface area contributed by atoms with Gasteiger partial charge in [0.25, 0.3) is 21.1 Å². The van der Waals surface area contributed by atoms with Gasteiger partial charge in [0.05, 0.1) is 0 Å². The fourth-order valence-electron chi connectivity index (χ4n) is 0. The molecule has 14 heavy (non-hydrogen) atoms. The zero-order chi connectivity index (χ0) is 10.7. The molecule has 0 amide bonds. The van der Waals surface area contributed by atoms with Crippen molar-refractivity contribution in [1.82, 2.24) is 0 Å². The number of rotatable bonds is 0. The van der Waals surface area contributed by atoms with Crippen LogP contribution in [0.25, 0.3) is 0 Å². The van der Waals surface area contributed by atoms with Crippen LogP contribution in [0, 0.1) is 0 Å². The van der Waals surface area contributed by atoms with E-state index in [9.17, 15) is 0 Å². The van der Waals surface area contributed by atoms with Crippen molar-refractivity contribution in [2.45, 2.75) is 0 Å². The molecule has 0 unspecified atom stereocenters. The van der Waals surface area contributed by atoms with Crippen molar-refractivity contribution in [1.29, 1.82) is 0 Å². The first-order chi connectivity index (χ1) is 5.20. The molecule has 14 heteroatoms. The van der Waals surface area contributed by atoms with Crippen LogP contribution >= 0.6 is 0 Å². The van der Waals surface area contributed by atoms with Gasteiger partial charge < -0.3 is 24.1 Å². The van der Waals surface area contributed by atoms with Gasteiger partial charge in [-0.3, -0.25) is 0 Å². The first-order valence-electron chi connectivity index (χ1n) is 1.42. The van der Waals surface area contributed by atoms with Gasteiger partial charge in [-0.05, 0) is 6.87 Å². The second-order valence-corrected chi connectivity index (χ2v) is 3.96. The van der Waals surface area contributed by atoms with Crippen LogP contribution in [0.2, 0.25) is 0 Å². The minimum atomic E-state index is -4.01. The first kappa shape index (κ1) is 30.8. The Bertz CT molecular complexity index is 48.5. The van der Waals surface area contributed by atoms with E-state index in [0.717, 1.165) is 0 Å². The quantitative estimate of drug-likeness (QED) is 0.189. The topological polar surface area (TPSA) is 202 Å². The third kappa shape index (κ3) is 226. The Kier molecular flexibility index (Phi) is 56.6. The van der Waals surface area contributed by atoms with Crippen LogP contribution in [0.4, 0.5) is 0 Å². The second-order valence-electron chi connectivity index (χ2n) is 0.591. The molecule has 0 spiro atoms. The van der Waals surface area contributed by atoms with Gasteiger partial charge in [0.1, 0.15) is 0 Å². The standard InChI is InChI=1S/2HIO3.IO3.K.H2Se/c3*2-1(3)4;;/h2*2H;;;1H2/q;;-1;+1;. The summed E-state index contributed by atoms with van der Waals surface area (Å²) >= 11 is -11.5. The van der Waals surface area contributed by atoms with Gasteiger partial charge in [-0.15, -0.1) is 0 Å². The number of hydrogen-bond acceptors (Lipinski definition) is 9. The third-order valence-electron chi connectivity index (χ3n) is 0. The van der Waals surface area contributed by atoms with E-state index < -0.39 is 63.2 Å². The Labute approximate surface area is 159 Å². The van der Waals surface area contributed by atoms with Crippen LogP contribution in [0.5, 0.6) is 0 Å². The van der Waals surface area contributed by atoms with E-state index in [2.05, 4.69) is 0 Å². The third-order valence-corrected chi connectivity index (χ3v) is 0. The van der Waals surface area contributed by atoms with E-state index >= 15 is 0 Å². The normalized spacial score (nSPS) is 7.71. The summed E-state index contributed by atoms with van der Waals surface area (Å²) in [4.78, 5) is 0. The van der Waals surface area contributed by atoms with Crippen molar-refractivity contribution in [3.63, 3.8) is 0 Å². The summed E-state index contributed by atoms with van der Waals surface area (Å²) in [6.07, 6.45) is 0. The zero-order valence-electron chi connectivity index (χ0n) is 6.39. The minimum absolute atomic E-state index is 0. The summed E-state index contributed by atoms with van der Waals surface area (Å²) in [5.41, 5.74) is 0. The summed E-state index contributed by atoms with van der Waals surface area (Å²) in [6.45, 7) is 0. The zero-order valence-corrected chi connectivity index (χ0v) is 18.1. The van der Waals surface area contributed by atoms with Crippen molar-refractivity contribution < 1.29 is 146 Å². The van der Waals surface area contributed by atoms with Crippen molar-refractivity contribution in [3.05, 3.63) is 0 Å². The molecular weight excluding hydrogens is 643 g/mol. The molecule has 0 aromatic heterocycles. The maximum absolute atomic E-state index is 8.68. The van der Waals surface area contributed by atoms with Crippen molar-refractivity contribution in [3.8, 4) is 0 Å². The number of halogens is 3. The summed E-state index contributed by atoms with van der Waals surface area (Å²) in [6, 6.07) is 0. The fourth-order valence-corrected chi connectivity index (χ4v) is 0. The molecule has 0 heterocycles. The van der Waals surface area contributed by atoms with Gasteiger partial charge >= 0.3 is 111 Å². The molecule has 9 nitrogen and oxygen atoms in total. The summed E-state index contributed by atoms with van der Waals surface area (Å²) in [5.74, 6) is 0. The Morgan fingerprint density at radius 1 is 0.643 bits per heavy atom. The number of hydrogen-bond donors (Lipinski definition) is 2. The monoisotopic (exact) mass is 648 g/mol. The van der Waals surface area contributed by atoms with Gasteiger partial charge in [-0.2, -0.15) is 0 Å². The molecule has 0 bridgehead atoms. The Morgan fingerprint density at radius 3 is 0.643 bits per heavy atom. The van der Waals surface area contributed by atoms with Gasteiger partial charge in [-0.25, -0.2) is 0 Å². The van der Waals surface area contributed by atoms with E-state index in [1.54, 1.807) is 0 Å². The molecule has 0 saturated heterocycles. The van der Waals surface area contributed by atoms with Gasteiger partial charge in [-0.1, -0.05) is 0 Å². The summed E-state index contributed by atoms with van der Waals surface area (Å²) in [7, 11) is 0. The van der Waals surface area contributed by atoms with Crippen molar-refractivity contribution in [2.75, 3.05) is 0 Å². The van der Waals surface area contributed by atoms with Crippen molar-refractivity contribution in [2.24, 2.45) is 0 Å². The Hall–Kier alpha value is 3.99. The van der Waals surface area contributed by atoms with Crippen LogP contribution in [0.15, 0.2) is 0 Å². The van der Waals surface area contributed by atoms with Crippen molar-refractivity contribution >= 4 is 17.1 Å². The molecule has 86 valence electrons. The Morgan fingerprint density at radius 2 is 0.643 bits per heavy atom. The van der Waals surface area contributed by atoms with E-state index in [1.165, 1.54) is 0 Å². The molecule has 0 atom stereocenters. The predicted octanol–water partition coefficient (Wildman–Crippen LogP) is -22.3. The summed E-state index contributed by atoms with van der Waals surface area (Å²) < 4.78 is 74.7. The molecule has 2 N–H and O–H groups in total. The van der Waals surface area contributed by atoms with E-state index in [0.29, 0.717) is 0 Å². The van der Waals surface area contributed by atoms with Crippen LogP contribution in [0.3, 0.4) is 0 Å². The van der Waals surface area contributed by atoms with E-state index in [1.807, 2.05) is 0 Å². The van der Waals surface area contributed by atoms with Crippen LogP contribution in [0.1, 0.15) is 0 Å². The van der Waals surface area contributed by atoms with Gasteiger partial charge in [0, 0.05) is 0 Å². The van der Waals surface area contributed by atoms with Crippen LogP contribution in [-0.4, -0.2) is 23.9 Å². The average Bonchev–Trinajstić information content (AvgIpc) is 1.54. The molecule has 0 aromatic carbocycles. The maximum atomic E-state index is 8.68. The molecule has 0 rings (SSSR count). The molecule has 0 aromatic rings. The molecule has 0 aliphatic carbocycles. The van der Waals surface area contributed by atoms with Gasteiger partial charge in [0.15, 0.2) is 0 Å². The average molecular weight is 647 g/mol. The predicted molar refractivity (Wildman–Crippen MR) is 13.0 cm³/mol. The SMILES string of the molecule is [K+].[O-][I+2]([O-])O.[O-][I+2]([O-])O.[O-][I+2]([O-])[O-].[SeH2]. The summed E-state index contributed by atoms with van der Waals surface area (Å²) in [5, 5.41) is 0. The molecule has 0 aliphatic heterocycles. The molecule has 0 saturated carbocycles. The van der Waals surface area contributed by atoms with Gasteiger partial charge in [0.2, 0.25) is 0 Å². The second kappa shape index (κ2) is 25.7. The van der Waals surface area contributed by atoms with Crippen LogP contribution < -0.4 is 139 Å². The molecular formula is H4I3KO9Se. The van der Waals surface area contributed by atoms with E-state index in [-0.39, 0.29) is 68.5 Å². The molecule has 0 aliphatic rings. The van der Waals surface area contributed by atoms with Crippen LogP contribution in [-0.2, 0) is 0 Å².